The van der Waals surface area contributed by atoms with E-state index in [-0.39, 0.29) is 6.10 Å². The molecule has 0 aromatic carbocycles. The first-order valence-electron chi connectivity index (χ1n) is 4.59. The molecule has 72 valence electrons. The standard InChI is InChI=1S/C10H11N3O/c11-6-9-10(2-1-4-12-9)13-5-3-8(14)7-13/h1-2,4,8,14H,3,5,7H2/t8-/m1/s1. The molecule has 0 bridgehead atoms. The lowest BCUT2D eigenvalue weighted by molar-refractivity contribution is 0.198. The molecule has 1 saturated heterocycles. The van der Waals surface area contributed by atoms with Gasteiger partial charge < -0.3 is 10.0 Å². The van der Waals surface area contributed by atoms with Crippen LogP contribution < -0.4 is 4.90 Å². The minimum Gasteiger partial charge on any atom is -0.391 e. The molecule has 0 aliphatic carbocycles. The van der Waals surface area contributed by atoms with E-state index in [0.717, 1.165) is 18.7 Å². The number of rotatable bonds is 1. The maximum atomic E-state index is 9.38. The number of β-amino-alcohol motifs (C(OH)–C–C–N with tert-alkyl or cyclic N) is 1. The molecule has 0 spiro atoms. The Balaban J connectivity index is 2.28. The van der Waals surface area contributed by atoms with Crippen LogP contribution in [0.25, 0.3) is 0 Å². The van der Waals surface area contributed by atoms with Crippen LogP contribution in [0.1, 0.15) is 12.1 Å². The molecular weight excluding hydrogens is 178 g/mol. The highest BCUT2D eigenvalue weighted by Gasteiger charge is 2.22. The molecule has 14 heavy (non-hydrogen) atoms. The van der Waals surface area contributed by atoms with Gasteiger partial charge in [0, 0.05) is 19.3 Å². The summed E-state index contributed by atoms with van der Waals surface area (Å²) < 4.78 is 0. The van der Waals surface area contributed by atoms with E-state index in [1.807, 2.05) is 11.0 Å². The number of anilines is 1. The first-order chi connectivity index (χ1) is 6.81. The predicted molar refractivity (Wildman–Crippen MR) is 51.8 cm³/mol. The summed E-state index contributed by atoms with van der Waals surface area (Å²) in [6.07, 6.45) is 2.09. The number of hydrogen-bond acceptors (Lipinski definition) is 4. The highest BCUT2D eigenvalue weighted by Crippen LogP contribution is 2.22. The van der Waals surface area contributed by atoms with Crippen molar-refractivity contribution in [3.8, 4) is 6.07 Å². The van der Waals surface area contributed by atoms with Crippen molar-refractivity contribution in [3.05, 3.63) is 24.0 Å². The molecule has 1 aliphatic rings. The van der Waals surface area contributed by atoms with Gasteiger partial charge in [-0.2, -0.15) is 5.26 Å². The molecule has 4 nitrogen and oxygen atoms in total. The lowest BCUT2D eigenvalue weighted by Gasteiger charge is -2.17. The molecule has 2 rings (SSSR count). The number of aliphatic hydroxyl groups is 1. The first-order valence-corrected chi connectivity index (χ1v) is 4.59. The van der Waals surface area contributed by atoms with Crippen LogP contribution in [0, 0.1) is 11.3 Å². The number of aromatic nitrogens is 1. The van der Waals surface area contributed by atoms with Crippen molar-refractivity contribution < 1.29 is 5.11 Å². The van der Waals surface area contributed by atoms with Crippen LogP contribution in [-0.2, 0) is 0 Å². The minimum atomic E-state index is -0.276. The third-order valence-electron chi connectivity index (χ3n) is 2.40. The highest BCUT2D eigenvalue weighted by atomic mass is 16.3. The number of pyridine rings is 1. The normalized spacial score (nSPS) is 20.9. The third-order valence-corrected chi connectivity index (χ3v) is 2.40. The van der Waals surface area contributed by atoms with E-state index in [1.54, 1.807) is 12.3 Å². The van der Waals surface area contributed by atoms with E-state index in [0.29, 0.717) is 12.2 Å². The van der Waals surface area contributed by atoms with Crippen molar-refractivity contribution in [2.24, 2.45) is 0 Å². The molecule has 1 N–H and O–H groups in total. The van der Waals surface area contributed by atoms with Crippen LogP contribution in [0.2, 0.25) is 0 Å². The molecular formula is C10H11N3O. The van der Waals surface area contributed by atoms with Crippen molar-refractivity contribution in [1.82, 2.24) is 4.98 Å². The fraction of sp³-hybridized carbons (Fsp3) is 0.400. The predicted octanol–water partition coefficient (Wildman–Crippen LogP) is 0.524. The SMILES string of the molecule is N#Cc1ncccc1N1CC[C@@H](O)C1. The van der Waals surface area contributed by atoms with E-state index in [1.165, 1.54) is 0 Å². The number of nitriles is 1. The largest absolute Gasteiger partial charge is 0.391 e. The van der Waals surface area contributed by atoms with Gasteiger partial charge in [-0.15, -0.1) is 0 Å². The summed E-state index contributed by atoms with van der Waals surface area (Å²) in [6.45, 7) is 1.39. The Morgan fingerprint density at radius 3 is 3.14 bits per heavy atom. The summed E-state index contributed by atoms with van der Waals surface area (Å²) in [7, 11) is 0. The van der Waals surface area contributed by atoms with Crippen LogP contribution in [0.4, 0.5) is 5.69 Å². The molecule has 0 unspecified atom stereocenters. The van der Waals surface area contributed by atoms with E-state index in [9.17, 15) is 5.11 Å². The number of hydrogen-bond donors (Lipinski definition) is 1. The van der Waals surface area contributed by atoms with Crippen molar-refractivity contribution in [2.75, 3.05) is 18.0 Å². The Morgan fingerprint density at radius 1 is 1.64 bits per heavy atom. The number of aliphatic hydroxyl groups excluding tert-OH is 1. The molecule has 2 heterocycles. The van der Waals surface area contributed by atoms with Crippen molar-refractivity contribution in [1.29, 1.82) is 5.26 Å². The maximum Gasteiger partial charge on any atom is 0.163 e. The number of nitrogens with zero attached hydrogens (tertiary/aromatic N) is 3. The molecule has 1 fully saturated rings. The second kappa shape index (κ2) is 3.64. The topological polar surface area (TPSA) is 60.2 Å². The summed E-state index contributed by atoms with van der Waals surface area (Å²) in [6, 6.07) is 5.72. The van der Waals surface area contributed by atoms with Gasteiger partial charge in [0.2, 0.25) is 0 Å². The molecule has 1 aromatic rings. The van der Waals surface area contributed by atoms with Crippen molar-refractivity contribution in [2.45, 2.75) is 12.5 Å². The monoisotopic (exact) mass is 189 g/mol. The van der Waals surface area contributed by atoms with E-state index in [4.69, 9.17) is 5.26 Å². The molecule has 4 heteroatoms. The zero-order chi connectivity index (χ0) is 9.97. The maximum absolute atomic E-state index is 9.38. The quantitative estimate of drug-likeness (QED) is 0.699. The summed E-state index contributed by atoms with van der Waals surface area (Å²) in [5, 5.41) is 18.2. The van der Waals surface area contributed by atoms with Crippen LogP contribution in [0.3, 0.4) is 0 Å². The Labute approximate surface area is 82.4 Å². The average molecular weight is 189 g/mol. The molecule has 1 aliphatic heterocycles. The second-order valence-corrected chi connectivity index (χ2v) is 3.37. The lowest BCUT2D eigenvalue weighted by atomic mass is 10.3. The first kappa shape index (κ1) is 8.97. The molecule has 0 saturated carbocycles. The molecule has 0 radical (unpaired) electrons. The zero-order valence-electron chi connectivity index (χ0n) is 7.72. The summed E-state index contributed by atoms with van der Waals surface area (Å²) >= 11 is 0. The Kier molecular flexibility index (Phi) is 2.33. The van der Waals surface area contributed by atoms with Gasteiger partial charge in [0.05, 0.1) is 11.8 Å². The minimum absolute atomic E-state index is 0.276. The molecule has 1 aromatic heterocycles. The van der Waals surface area contributed by atoms with Gasteiger partial charge in [0.25, 0.3) is 0 Å². The third kappa shape index (κ3) is 1.54. The van der Waals surface area contributed by atoms with Gasteiger partial charge in [-0.3, -0.25) is 0 Å². The molecule has 1 atom stereocenters. The van der Waals surface area contributed by atoms with Crippen LogP contribution in [0.5, 0.6) is 0 Å². The van der Waals surface area contributed by atoms with Crippen molar-refractivity contribution >= 4 is 5.69 Å². The van der Waals surface area contributed by atoms with Gasteiger partial charge in [-0.05, 0) is 18.6 Å². The fourth-order valence-corrected chi connectivity index (χ4v) is 1.70. The average Bonchev–Trinajstić information content (AvgIpc) is 2.65. The van der Waals surface area contributed by atoms with Crippen molar-refractivity contribution in [3.63, 3.8) is 0 Å². The van der Waals surface area contributed by atoms with Crippen LogP contribution >= 0.6 is 0 Å². The van der Waals surface area contributed by atoms with Gasteiger partial charge in [-0.25, -0.2) is 4.98 Å². The Bertz CT molecular complexity index is 372. The van der Waals surface area contributed by atoms with Gasteiger partial charge in [0.1, 0.15) is 6.07 Å². The van der Waals surface area contributed by atoms with Gasteiger partial charge >= 0.3 is 0 Å². The van der Waals surface area contributed by atoms with Gasteiger partial charge in [-0.1, -0.05) is 0 Å². The van der Waals surface area contributed by atoms with Crippen LogP contribution in [0.15, 0.2) is 18.3 Å². The smallest absolute Gasteiger partial charge is 0.163 e. The Hall–Kier alpha value is -1.60. The lowest BCUT2D eigenvalue weighted by Crippen LogP contribution is -2.22. The highest BCUT2D eigenvalue weighted by molar-refractivity contribution is 5.56. The van der Waals surface area contributed by atoms with E-state index in [2.05, 4.69) is 11.1 Å². The zero-order valence-corrected chi connectivity index (χ0v) is 7.72. The summed E-state index contributed by atoms with van der Waals surface area (Å²) in [5.41, 5.74) is 1.26. The summed E-state index contributed by atoms with van der Waals surface area (Å²) in [4.78, 5) is 5.98. The molecule has 0 amide bonds. The van der Waals surface area contributed by atoms with E-state index >= 15 is 0 Å². The summed E-state index contributed by atoms with van der Waals surface area (Å²) in [5.74, 6) is 0. The fourth-order valence-electron chi connectivity index (χ4n) is 1.70. The van der Waals surface area contributed by atoms with Gasteiger partial charge in [0.15, 0.2) is 5.69 Å². The van der Waals surface area contributed by atoms with E-state index < -0.39 is 0 Å². The Morgan fingerprint density at radius 2 is 2.50 bits per heavy atom. The van der Waals surface area contributed by atoms with Crippen LogP contribution in [-0.4, -0.2) is 29.3 Å². The second-order valence-electron chi connectivity index (χ2n) is 3.37.